The summed E-state index contributed by atoms with van der Waals surface area (Å²) in [5, 5.41) is 0. The van der Waals surface area contributed by atoms with Crippen molar-refractivity contribution in [1.82, 2.24) is 0 Å². The van der Waals surface area contributed by atoms with Crippen LogP contribution in [0.3, 0.4) is 0 Å². The van der Waals surface area contributed by atoms with Gasteiger partial charge >= 0.3 is 0 Å². The first-order valence-corrected chi connectivity index (χ1v) is 11.4. The smallest absolute Gasteiger partial charge is 0.0811 e. The van der Waals surface area contributed by atoms with Gasteiger partial charge in [-0.15, -0.1) is 0 Å². The van der Waals surface area contributed by atoms with Gasteiger partial charge in [0.25, 0.3) is 0 Å². The van der Waals surface area contributed by atoms with Crippen molar-refractivity contribution in [3.05, 3.63) is 118 Å². The van der Waals surface area contributed by atoms with E-state index in [1.54, 1.807) is 0 Å². The van der Waals surface area contributed by atoms with E-state index in [2.05, 4.69) is 105 Å². The van der Waals surface area contributed by atoms with Crippen molar-refractivity contribution in [2.45, 2.75) is 37.0 Å². The molecule has 0 N–H and O–H groups in total. The Bertz CT molecular complexity index is 1160. The van der Waals surface area contributed by atoms with Crippen LogP contribution >= 0.6 is 11.8 Å². The van der Waals surface area contributed by atoms with Crippen molar-refractivity contribution >= 4 is 23.2 Å². The van der Waals surface area contributed by atoms with Crippen molar-refractivity contribution in [2.75, 3.05) is 0 Å². The molecular formula is C28H25NS. The summed E-state index contributed by atoms with van der Waals surface area (Å²) in [6.07, 6.45) is 3.36. The number of nitrogens with zero attached hydrogens (tertiary/aromatic N) is 1. The molecule has 1 aliphatic heterocycles. The first-order valence-electron chi connectivity index (χ1n) is 10.6. The molecule has 3 aromatic carbocycles. The van der Waals surface area contributed by atoms with Crippen LogP contribution in [0.25, 0.3) is 0 Å². The highest BCUT2D eigenvalue weighted by molar-refractivity contribution is 8.04. The number of para-hydroxylation sites is 1. The minimum atomic E-state index is 0.292. The fraction of sp³-hybridized carbons (Fsp3) is 0.179. The lowest BCUT2D eigenvalue weighted by Crippen LogP contribution is -2.20. The lowest BCUT2D eigenvalue weighted by molar-refractivity contribution is 0.806. The van der Waals surface area contributed by atoms with Gasteiger partial charge < -0.3 is 0 Å². The molecule has 1 nitrogen and oxygen atoms in total. The lowest BCUT2D eigenvalue weighted by Gasteiger charge is -2.32. The third kappa shape index (κ3) is 3.46. The maximum Gasteiger partial charge on any atom is 0.0811 e. The van der Waals surface area contributed by atoms with Gasteiger partial charge in [-0.1, -0.05) is 110 Å². The molecular weight excluding hydrogens is 382 g/mol. The van der Waals surface area contributed by atoms with Crippen LogP contribution in [0.5, 0.6) is 0 Å². The molecule has 0 amide bonds. The molecule has 0 aromatic heterocycles. The SMILES string of the molecule is CC(C1=C(C(C)c2ccccc2)C2=Nc3ccccc3SC2=CC1)c1ccccc1. The van der Waals surface area contributed by atoms with Crippen LogP contribution in [-0.4, -0.2) is 5.71 Å². The maximum atomic E-state index is 5.19. The molecule has 0 fully saturated rings. The van der Waals surface area contributed by atoms with Crippen molar-refractivity contribution in [2.24, 2.45) is 4.99 Å². The largest absolute Gasteiger partial charge is 0.246 e. The van der Waals surface area contributed by atoms with Crippen LogP contribution in [0, 0.1) is 0 Å². The average molecular weight is 408 g/mol. The Balaban J connectivity index is 1.68. The minimum Gasteiger partial charge on any atom is -0.246 e. The normalized spacial score (nSPS) is 17.4. The van der Waals surface area contributed by atoms with E-state index in [1.807, 2.05) is 11.8 Å². The fourth-order valence-corrected chi connectivity index (χ4v) is 5.54. The molecule has 0 bridgehead atoms. The Morgan fingerprint density at radius 3 is 2.03 bits per heavy atom. The molecule has 3 aromatic rings. The topological polar surface area (TPSA) is 12.4 Å². The Hall–Kier alpha value is -2.84. The molecule has 2 atom stereocenters. The maximum absolute atomic E-state index is 5.19. The summed E-state index contributed by atoms with van der Waals surface area (Å²) < 4.78 is 0. The molecule has 30 heavy (non-hydrogen) atoms. The molecule has 148 valence electrons. The number of hydrogen-bond acceptors (Lipinski definition) is 2. The molecule has 1 heterocycles. The molecule has 0 saturated heterocycles. The minimum absolute atomic E-state index is 0.292. The quantitative estimate of drug-likeness (QED) is 0.426. The first kappa shape index (κ1) is 19.1. The van der Waals surface area contributed by atoms with E-state index < -0.39 is 0 Å². The molecule has 0 saturated carbocycles. The average Bonchev–Trinajstić information content (AvgIpc) is 2.82. The van der Waals surface area contributed by atoms with Crippen molar-refractivity contribution in [1.29, 1.82) is 0 Å². The summed E-state index contributed by atoms with van der Waals surface area (Å²) >= 11 is 1.86. The van der Waals surface area contributed by atoms with E-state index in [4.69, 9.17) is 4.99 Å². The zero-order valence-electron chi connectivity index (χ0n) is 17.4. The molecule has 2 heteroatoms. The third-order valence-corrected chi connectivity index (χ3v) is 7.36. The molecule has 1 aliphatic carbocycles. The Labute approximate surface area is 183 Å². The number of aliphatic imine (C=N–C) groups is 1. The zero-order chi connectivity index (χ0) is 20.5. The molecule has 0 spiro atoms. The second-order valence-corrected chi connectivity index (χ2v) is 9.09. The van der Waals surface area contributed by atoms with Gasteiger partial charge in [-0.25, -0.2) is 4.99 Å². The first-order chi connectivity index (χ1) is 14.7. The van der Waals surface area contributed by atoms with Gasteiger partial charge in [0.05, 0.1) is 11.4 Å². The number of thioether (sulfide) groups is 1. The van der Waals surface area contributed by atoms with Crippen molar-refractivity contribution in [3.63, 3.8) is 0 Å². The van der Waals surface area contributed by atoms with Crippen LogP contribution in [-0.2, 0) is 0 Å². The number of rotatable bonds is 4. The molecule has 2 aliphatic rings. The van der Waals surface area contributed by atoms with E-state index in [9.17, 15) is 0 Å². The van der Waals surface area contributed by atoms with Crippen LogP contribution in [0.2, 0.25) is 0 Å². The summed E-state index contributed by atoms with van der Waals surface area (Å²) in [4.78, 5) is 7.74. The summed E-state index contributed by atoms with van der Waals surface area (Å²) in [6, 6.07) is 30.2. The summed E-state index contributed by atoms with van der Waals surface area (Å²) in [6.45, 7) is 4.67. The zero-order valence-corrected chi connectivity index (χ0v) is 18.2. The van der Waals surface area contributed by atoms with E-state index >= 15 is 0 Å². The van der Waals surface area contributed by atoms with Gasteiger partial charge in [0.1, 0.15) is 0 Å². The second-order valence-electron chi connectivity index (χ2n) is 8.01. The predicted octanol–water partition coefficient (Wildman–Crippen LogP) is 8.06. The second kappa shape index (κ2) is 8.12. The van der Waals surface area contributed by atoms with E-state index in [0.717, 1.165) is 12.1 Å². The number of fused-ring (bicyclic) bond motifs is 2. The summed E-state index contributed by atoms with van der Waals surface area (Å²) in [5.41, 5.74) is 7.85. The van der Waals surface area contributed by atoms with Gasteiger partial charge in [0.2, 0.25) is 0 Å². The van der Waals surface area contributed by atoms with Gasteiger partial charge in [-0.05, 0) is 35.3 Å². The highest BCUT2D eigenvalue weighted by atomic mass is 32.2. The van der Waals surface area contributed by atoms with Gasteiger partial charge in [-0.3, -0.25) is 0 Å². The van der Waals surface area contributed by atoms with E-state index in [0.29, 0.717) is 11.8 Å². The van der Waals surface area contributed by atoms with Crippen LogP contribution < -0.4 is 0 Å². The van der Waals surface area contributed by atoms with Gasteiger partial charge in [0, 0.05) is 21.6 Å². The highest BCUT2D eigenvalue weighted by Gasteiger charge is 2.31. The van der Waals surface area contributed by atoms with E-state index in [-0.39, 0.29) is 0 Å². The third-order valence-electron chi connectivity index (χ3n) is 6.21. The Kier molecular flexibility index (Phi) is 5.18. The molecule has 5 rings (SSSR count). The molecule has 2 unspecified atom stereocenters. The van der Waals surface area contributed by atoms with Crippen LogP contribution in [0.15, 0.2) is 117 Å². The predicted molar refractivity (Wildman–Crippen MR) is 129 cm³/mol. The van der Waals surface area contributed by atoms with Gasteiger partial charge in [0.15, 0.2) is 0 Å². The Morgan fingerprint density at radius 1 is 0.733 bits per heavy atom. The Morgan fingerprint density at radius 2 is 1.33 bits per heavy atom. The lowest BCUT2D eigenvalue weighted by atomic mass is 9.77. The van der Waals surface area contributed by atoms with Crippen molar-refractivity contribution in [3.8, 4) is 0 Å². The fourth-order valence-electron chi connectivity index (χ4n) is 4.52. The number of hydrogen-bond donors (Lipinski definition) is 0. The van der Waals surface area contributed by atoms with Gasteiger partial charge in [-0.2, -0.15) is 0 Å². The monoisotopic (exact) mass is 407 g/mol. The van der Waals surface area contributed by atoms with Crippen LogP contribution in [0.1, 0.15) is 43.2 Å². The summed E-state index contributed by atoms with van der Waals surface area (Å²) in [5.74, 6) is 0.649. The highest BCUT2D eigenvalue weighted by Crippen LogP contribution is 2.48. The number of benzene rings is 3. The standard InChI is InChI=1S/C28H25NS/c1-19(21-11-5-3-6-12-21)23-17-18-26-28(29-24-15-9-10-16-25(24)30-26)27(23)20(2)22-13-7-4-8-14-22/h3-16,18-20H,17H2,1-2H3. The van der Waals surface area contributed by atoms with E-state index in [1.165, 1.54) is 37.8 Å². The number of allylic oxidation sites excluding steroid dienone is 4. The summed E-state index contributed by atoms with van der Waals surface area (Å²) in [7, 11) is 0. The van der Waals surface area contributed by atoms with Crippen LogP contribution in [0.4, 0.5) is 5.69 Å². The van der Waals surface area contributed by atoms with Crippen molar-refractivity contribution < 1.29 is 0 Å². The molecule has 0 radical (unpaired) electrons.